The summed E-state index contributed by atoms with van der Waals surface area (Å²) in [7, 11) is 0. The van der Waals surface area contributed by atoms with Gasteiger partial charge in [-0.15, -0.1) is 0 Å². The number of benzene rings is 1. The molecule has 0 unspecified atom stereocenters. The topological polar surface area (TPSA) is 115 Å². The quantitative estimate of drug-likeness (QED) is 0.589. The first kappa shape index (κ1) is 14.8. The number of nitrogens with one attached hydrogen (secondary N) is 3. The molecule has 0 saturated carbocycles. The van der Waals surface area contributed by atoms with Gasteiger partial charge in [0.1, 0.15) is 5.52 Å². The van der Waals surface area contributed by atoms with Gasteiger partial charge < -0.3 is 20.4 Å². The van der Waals surface area contributed by atoms with Crippen molar-refractivity contribution in [3.05, 3.63) is 40.3 Å². The number of carbonyl (C=O) groups excluding carboxylic acids is 1. The van der Waals surface area contributed by atoms with Gasteiger partial charge in [-0.25, -0.2) is 0 Å². The molecule has 0 aliphatic carbocycles. The van der Waals surface area contributed by atoms with Crippen LogP contribution in [-0.2, 0) is 16.0 Å². The van der Waals surface area contributed by atoms with E-state index >= 15 is 0 Å². The van der Waals surface area contributed by atoms with Crippen LogP contribution in [0.3, 0.4) is 0 Å². The number of hydrogen-bond donors (Lipinski definition) is 4. The first-order valence-electron chi connectivity index (χ1n) is 7.11. The molecule has 0 bridgehead atoms. The molecule has 0 aliphatic heterocycles. The highest BCUT2D eigenvalue weighted by atomic mass is 16.4. The van der Waals surface area contributed by atoms with Crippen LogP contribution in [0.15, 0.2) is 29.2 Å². The van der Waals surface area contributed by atoms with Crippen molar-refractivity contribution in [2.75, 3.05) is 5.32 Å². The molecule has 0 saturated heterocycles. The average Bonchev–Trinajstić information content (AvgIpc) is 2.90. The minimum atomic E-state index is -0.896. The number of fused-ring (bicyclic) bond motifs is 3. The summed E-state index contributed by atoms with van der Waals surface area (Å²) in [5.41, 5.74) is 2.15. The van der Waals surface area contributed by atoms with Crippen LogP contribution >= 0.6 is 0 Å². The highest BCUT2D eigenvalue weighted by Gasteiger charge is 2.13. The monoisotopic (exact) mass is 313 g/mol. The second-order valence-electron chi connectivity index (χ2n) is 5.35. The molecule has 1 amide bonds. The number of aromatic amines is 2. The Balaban J connectivity index is 2.24. The molecule has 0 aliphatic rings. The van der Waals surface area contributed by atoms with Crippen LogP contribution in [0.5, 0.6) is 0 Å². The Kier molecular flexibility index (Phi) is 3.61. The van der Waals surface area contributed by atoms with Gasteiger partial charge in [0.15, 0.2) is 0 Å². The lowest BCUT2D eigenvalue weighted by Crippen LogP contribution is -2.08. The van der Waals surface area contributed by atoms with Crippen molar-refractivity contribution in [3.63, 3.8) is 0 Å². The number of pyridine rings is 1. The SMILES string of the molecule is CC(=O)Nc1ccc2[nH]c(=O)c3[nH]cc(CCC(=O)O)c3c2c1. The number of anilines is 1. The van der Waals surface area contributed by atoms with E-state index in [-0.39, 0.29) is 17.9 Å². The average molecular weight is 313 g/mol. The van der Waals surface area contributed by atoms with Crippen molar-refractivity contribution < 1.29 is 14.7 Å². The van der Waals surface area contributed by atoms with E-state index in [2.05, 4.69) is 15.3 Å². The number of H-pyrrole nitrogens is 2. The molecule has 7 heteroatoms. The summed E-state index contributed by atoms with van der Waals surface area (Å²) < 4.78 is 0. The van der Waals surface area contributed by atoms with Gasteiger partial charge >= 0.3 is 5.97 Å². The normalized spacial score (nSPS) is 11.0. The number of carbonyl (C=O) groups is 2. The zero-order chi connectivity index (χ0) is 16.6. The number of aryl methyl sites for hydroxylation is 1. The molecule has 4 N–H and O–H groups in total. The molecular weight excluding hydrogens is 298 g/mol. The van der Waals surface area contributed by atoms with E-state index in [0.717, 1.165) is 10.9 Å². The second-order valence-corrected chi connectivity index (χ2v) is 5.35. The van der Waals surface area contributed by atoms with Crippen LogP contribution in [0.2, 0.25) is 0 Å². The summed E-state index contributed by atoms with van der Waals surface area (Å²) in [6.45, 7) is 1.42. The third-order valence-corrected chi connectivity index (χ3v) is 3.65. The lowest BCUT2D eigenvalue weighted by atomic mass is 10.0. The van der Waals surface area contributed by atoms with E-state index in [1.54, 1.807) is 24.4 Å². The summed E-state index contributed by atoms with van der Waals surface area (Å²) in [5, 5.41) is 13.0. The zero-order valence-corrected chi connectivity index (χ0v) is 12.4. The molecule has 2 aromatic heterocycles. The van der Waals surface area contributed by atoms with Gasteiger partial charge in [-0.3, -0.25) is 14.4 Å². The fourth-order valence-corrected chi connectivity index (χ4v) is 2.72. The molecule has 2 heterocycles. The summed E-state index contributed by atoms with van der Waals surface area (Å²) in [5.74, 6) is -1.09. The summed E-state index contributed by atoms with van der Waals surface area (Å²) in [6.07, 6.45) is 1.96. The third kappa shape index (κ3) is 2.80. The molecule has 1 aromatic carbocycles. The van der Waals surface area contributed by atoms with Gasteiger partial charge in [0.05, 0.1) is 0 Å². The van der Waals surface area contributed by atoms with Crippen molar-refractivity contribution in [2.24, 2.45) is 0 Å². The first-order chi connectivity index (χ1) is 11.0. The molecule has 0 atom stereocenters. The van der Waals surface area contributed by atoms with Gasteiger partial charge in [0.25, 0.3) is 5.56 Å². The second kappa shape index (κ2) is 5.60. The highest BCUT2D eigenvalue weighted by Crippen LogP contribution is 2.27. The summed E-state index contributed by atoms with van der Waals surface area (Å²) in [6, 6.07) is 5.19. The molecular formula is C16H15N3O4. The van der Waals surface area contributed by atoms with Gasteiger partial charge in [-0.1, -0.05) is 0 Å². The van der Waals surface area contributed by atoms with Crippen LogP contribution in [0.4, 0.5) is 5.69 Å². The van der Waals surface area contributed by atoms with E-state index in [1.807, 2.05) is 0 Å². The van der Waals surface area contributed by atoms with Gasteiger partial charge in [-0.2, -0.15) is 0 Å². The number of aromatic nitrogens is 2. The molecule has 118 valence electrons. The zero-order valence-electron chi connectivity index (χ0n) is 12.4. The van der Waals surface area contributed by atoms with Crippen molar-refractivity contribution in [1.82, 2.24) is 9.97 Å². The Bertz CT molecular complexity index is 984. The molecule has 0 radical (unpaired) electrons. The Morgan fingerprint density at radius 2 is 2.09 bits per heavy atom. The Hall–Kier alpha value is -3.09. The molecule has 3 rings (SSSR count). The van der Waals surface area contributed by atoms with Crippen LogP contribution in [0.1, 0.15) is 18.9 Å². The van der Waals surface area contributed by atoms with Crippen LogP contribution < -0.4 is 10.9 Å². The maximum atomic E-state index is 12.1. The maximum absolute atomic E-state index is 12.1. The molecule has 23 heavy (non-hydrogen) atoms. The number of amides is 1. The number of carboxylic acids is 1. The van der Waals surface area contributed by atoms with Crippen LogP contribution in [0, 0.1) is 0 Å². The van der Waals surface area contributed by atoms with Crippen LogP contribution in [-0.4, -0.2) is 27.0 Å². The Morgan fingerprint density at radius 3 is 2.78 bits per heavy atom. The lowest BCUT2D eigenvalue weighted by Gasteiger charge is -2.06. The number of carboxylic acid groups (broad SMARTS) is 1. The van der Waals surface area contributed by atoms with Crippen LogP contribution in [0.25, 0.3) is 21.8 Å². The van der Waals surface area contributed by atoms with Crippen molar-refractivity contribution in [1.29, 1.82) is 0 Å². The lowest BCUT2D eigenvalue weighted by molar-refractivity contribution is -0.137. The minimum absolute atomic E-state index is 0.0212. The predicted octanol–water partition coefficient (Wildman–Crippen LogP) is 1.98. The predicted molar refractivity (Wildman–Crippen MR) is 86.7 cm³/mol. The smallest absolute Gasteiger partial charge is 0.303 e. The minimum Gasteiger partial charge on any atom is -0.481 e. The van der Waals surface area contributed by atoms with E-state index in [4.69, 9.17) is 5.11 Å². The largest absolute Gasteiger partial charge is 0.481 e. The fraction of sp³-hybridized carbons (Fsp3) is 0.188. The maximum Gasteiger partial charge on any atom is 0.303 e. The molecule has 0 spiro atoms. The van der Waals surface area contributed by atoms with Crippen molar-refractivity contribution in [2.45, 2.75) is 19.8 Å². The molecule has 3 aromatic rings. The molecule has 0 fully saturated rings. The van der Waals surface area contributed by atoms with Gasteiger partial charge in [-0.05, 0) is 30.2 Å². The van der Waals surface area contributed by atoms with Crippen molar-refractivity contribution in [3.8, 4) is 0 Å². The Labute approximate surface area is 130 Å². The summed E-state index contributed by atoms with van der Waals surface area (Å²) in [4.78, 5) is 39.9. The number of aliphatic carboxylic acids is 1. The standard InChI is InChI=1S/C16H15N3O4/c1-8(20)18-10-3-4-12-11(6-10)14-9(2-5-13(21)22)7-17-15(14)16(23)19-12/h3-4,6-7,17H,2,5H2,1H3,(H,18,20)(H,19,23)(H,21,22). The number of rotatable bonds is 4. The Morgan fingerprint density at radius 1 is 1.30 bits per heavy atom. The van der Waals surface area contributed by atoms with Gasteiger partial charge in [0, 0.05) is 41.5 Å². The fourth-order valence-electron chi connectivity index (χ4n) is 2.72. The van der Waals surface area contributed by atoms with E-state index in [9.17, 15) is 14.4 Å². The summed E-state index contributed by atoms with van der Waals surface area (Å²) >= 11 is 0. The third-order valence-electron chi connectivity index (χ3n) is 3.65. The van der Waals surface area contributed by atoms with E-state index in [0.29, 0.717) is 28.5 Å². The van der Waals surface area contributed by atoms with E-state index in [1.165, 1.54) is 6.92 Å². The van der Waals surface area contributed by atoms with Crippen molar-refractivity contribution >= 4 is 39.4 Å². The first-order valence-corrected chi connectivity index (χ1v) is 7.11. The molecule has 7 nitrogen and oxygen atoms in total. The highest BCUT2D eigenvalue weighted by molar-refractivity contribution is 6.08. The van der Waals surface area contributed by atoms with Gasteiger partial charge in [0.2, 0.25) is 5.91 Å². The van der Waals surface area contributed by atoms with E-state index < -0.39 is 5.97 Å². The number of hydrogen-bond acceptors (Lipinski definition) is 3.